The fourth-order valence-electron chi connectivity index (χ4n) is 29.2. The van der Waals surface area contributed by atoms with Crippen LogP contribution in [0, 0.1) is 123 Å². The number of hydrogen-bond donors (Lipinski definition) is 3. The molecule has 0 aromatic heterocycles. The maximum atomic E-state index is 12.2. The molecule has 18 aliphatic rings. The molecule has 11 nitrogen and oxygen atoms in total. The van der Waals surface area contributed by atoms with Crippen molar-refractivity contribution in [3.63, 3.8) is 0 Å². The minimum atomic E-state index is -0.102. The third-order valence-corrected chi connectivity index (χ3v) is 34.5. The van der Waals surface area contributed by atoms with Crippen LogP contribution in [-0.4, -0.2) is 111 Å². The number of Topliss-reactive ketones (excluding diaryl/α,β-unsaturated/α-hetero) is 3. The molecule has 0 aromatic carbocycles. The number of fused-ring (bicyclic) bond motifs is 18. The van der Waals surface area contributed by atoms with E-state index in [1.807, 2.05) is 5.57 Å². The predicted molar refractivity (Wildman–Crippen MR) is 372 cm³/mol. The first-order valence-electron chi connectivity index (χ1n) is 40.5. The molecular formula is C84H129N3O8. The maximum Gasteiger partial charge on any atom is 0.133 e. The van der Waals surface area contributed by atoms with Crippen molar-refractivity contribution < 1.29 is 39.0 Å². The zero-order valence-electron chi connectivity index (χ0n) is 61.4. The van der Waals surface area contributed by atoms with Crippen molar-refractivity contribution in [2.45, 2.75) is 329 Å². The van der Waals surface area contributed by atoms with Gasteiger partial charge in [-0.05, 0) is 286 Å². The summed E-state index contributed by atoms with van der Waals surface area (Å²) in [6.45, 7) is 31.6. The Morgan fingerprint density at radius 3 is 1.13 bits per heavy atom. The molecule has 15 fully saturated rings. The second-order valence-electron chi connectivity index (χ2n) is 39.1. The van der Waals surface area contributed by atoms with Crippen LogP contribution in [0.15, 0.2) is 33.4 Å². The molecular weight excluding hydrogens is 1180 g/mol. The lowest BCUT2D eigenvalue weighted by Crippen LogP contribution is -2.50. The highest BCUT2D eigenvalue weighted by Gasteiger charge is 2.65. The number of rotatable bonds is 0. The fourth-order valence-corrected chi connectivity index (χ4v) is 29.2. The van der Waals surface area contributed by atoms with Gasteiger partial charge in [0.15, 0.2) is 0 Å². The van der Waals surface area contributed by atoms with Gasteiger partial charge in [0.1, 0.15) is 17.3 Å². The third kappa shape index (κ3) is 10.8. The van der Waals surface area contributed by atoms with E-state index in [2.05, 4.69) is 88.4 Å². The van der Waals surface area contributed by atoms with Gasteiger partial charge in [-0.2, -0.15) is 10.1 Å². The molecule has 528 valence electrons. The smallest absolute Gasteiger partial charge is 0.133 e. The van der Waals surface area contributed by atoms with E-state index in [1.54, 1.807) is 38.0 Å². The van der Waals surface area contributed by atoms with Gasteiger partial charge >= 0.3 is 0 Å². The first-order valence-corrected chi connectivity index (χ1v) is 40.5. The Morgan fingerprint density at radius 1 is 0.421 bits per heavy atom. The highest BCUT2D eigenvalue weighted by Crippen LogP contribution is 2.69. The van der Waals surface area contributed by atoms with Crippen LogP contribution in [0.5, 0.6) is 0 Å². The monoisotopic (exact) mass is 1310 g/mol. The number of carbonyl (C=O) groups excluding carboxylic acids is 3. The van der Waals surface area contributed by atoms with E-state index in [0.717, 1.165) is 182 Å². The molecule has 6 saturated heterocycles. The number of hydrogen-bond acceptors (Lipinski definition) is 11. The average molecular weight is 1310 g/mol. The Bertz CT molecular complexity index is 2980. The SMILES string of the molecule is CC1=C2C[C@H]3[C@@H](CC[C@@H]4CC(=O)CC[C@@]43C)[C@@H]2CC[C@@]2(C1)O[C@@H]1C[C@H](C)CN(O)[C@H]1[C@H]2C.CC1=C2C[C@H]3[C@@H](CC[C@@H]4CC(=O)CC[C@@]43C)[C@@H]2CC[C@@]2(C1)O[C@@H]1C[C@H](C)CN(O)[C@H]1[C@H]2C.CC1=C2C[C@H]3[C@@H](CC[C@@H]4CC(=O)CC[C@@]43C)[C@@H]2CC[C@@]2(C1)O[C@@H]1C[C@H](C)CN[C@H]1[C@H]2C. The molecule has 0 aromatic rings. The van der Waals surface area contributed by atoms with E-state index in [0.29, 0.717) is 93.1 Å². The summed E-state index contributed by atoms with van der Waals surface area (Å²) in [5.41, 5.74) is 11.2. The van der Waals surface area contributed by atoms with Crippen molar-refractivity contribution in [2.75, 3.05) is 19.6 Å². The standard InChI is InChI=1S/2C28H43NO3.C28H43NO2/c2*1-16-11-25-26(29(31)15-16)18(3)28(32-25)10-8-21-22-6-5-19-12-20(30)7-9-27(19,4)24(22)13-23(21)17(2)14-28;1-16-11-25-26(29-15-16)18(3)28(31-25)10-8-21-22-6-5-19-12-20(30)7-9-27(19,4)24(22)13-23(21)17(2)14-28/h2*16,18-19,21-22,24-26,31H,5-15H2,1-4H3;16,18-19,21-22,24-26,29H,5-15H2,1-4H3/t3*16-,18+,19+,21-,22-,24-,25+,26-,27-,28-/m000/s1. The molecule has 3 N–H and O–H groups in total. The second kappa shape index (κ2) is 24.5. The number of ketones is 3. The van der Waals surface area contributed by atoms with Crippen LogP contribution in [0.25, 0.3) is 0 Å². The summed E-state index contributed by atoms with van der Waals surface area (Å²) in [6, 6.07) is 0.862. The maximum absolute atomic E-state index is 12.2. The zero-order valence-corrected chi connectivity index (χ0v) is 61.4. The van der Waals surface area contributed by atoms with Crippen molar-refractivity contribution in [1.29, 1.82) is 0 Å². The molecule has 12 aliphatic carbocycles. The second-order valence-corrected chi connectivity index (χ2v) is 39.1. The van der Waals surface area contributed by atoms with E-state index >= 15 is 0 Å². The fraction of sp³-hybridized carbons (Fsp3) is 0.893. The number of nitrogens with one attached hydrogen (secondary N) is 1. The van der Waals surface area contributed by atoms with Crippen molar-refractivity contribution in [3.05, 3.63) is 33.4 Å². The summed E-state index contributed by atoms with van der Waals surface area (Å²) in [5.74, 6) is 13.6. The summed E-state index contributed by atoms with van der Waals surface area (Å²) in [5, 5.41) is 28.6. The van der Waals surface area contributed by atoms with Crippen LogP contribution < -0.4 is 5.32 Å². The van der Waals surface area contributed by atoms with Gasteiger partial charge in [-0.3, -0.25) is 14.4 Å². The minimum absolute atomic E-state index is 0.0572. The van der Waals surface area contributed by atoms with Gasteiger partial charge < -0.3 is 29.9 Å². The molecule has 0 unspecified atom stereocenters. The topological polar surface area (TPSA) is 138 Å². The normalized spacial score (nSPS) is 53.8. The molecule has 6 heterocycles. The number of carbonyl (C=O) groups is 3. The Labute approximate surface area is 573 Å². The molecule has 11 heteroatoms. The Balaban J connectivity index is 0.000000112. The van der Waals surface area contributed by atoms with E-state index in [4.69, 9.17) is 14.2 Å². The minimum Gasteiger partial charge on any atom is -0.369 e. The zero-order chi connectivity index (χ0) is 66.4. The Hall–Kier alpha value is -2.09. The Kier molecular flexibility index (Phi) is 17.4. The summed E-state index contributed by atoms with van der Waals surface area (Å²) < 4.78 is 20.9. The largest absolute Gasteiger partial charge is 0.369 e. The van der Waals surface area contributed by atoms with E-state index in [9.17, 15) is 24.8 Å². The summed E-state index contributed by atoms with van der Waals surface area (Å²) in [6.07, 6.45) is 34.8. The van der Waals surface area contributed by atoms with Crippen molar-refractivity contribution >= 4 is 17.3 Å². The molecule has 0 amide bonds. The number of piperidine rings is 3. The molecule has 0 radical (unpaired) electrons. The predicted octanol–water partition coefficient (Wildman–Crippen LogP) is 17.2. The molecule has 95 heavy (non-hydrogen) atoms. The number of hydroxylamine groups is 4. The summed E-state index contributed by atoms with van der Waals surface area (Å²) in [7, 11) is 0. The van der Waals surface area contributed by atoms with Crippen LogP contribution in [0.1, 0.15) is 276 Å². The van der Waals surface area contributed by atoms with Crippen molar-refractivity contribution in [3.8, 4) is 0 Å². The molecule has 6 aliphatic heterocycles. The first kappa shape index (κ1) is 67.4. The third-order valence-electron chi connectivity index (χ3n) is 34.5. The molecule has 3 spiro atoms. The molecule has 18 rings (SSSR count). The summed E-state index contributed by atoms with van der Waals surface area (Å²) >= 11 is 0. The van der Waals surface area contributed by atoms with Gasteiger partial charge in [0.25, 0.3) is 0 Å². The van der Waals surface area contributed by atoms with Crippen molar-refractivity contribution in [2.24, 2.45) is 123 Å². The van der Waals surface area contributed by atoms with Crippen molar-refractivity contribution in [1.82, 2.24) is 15.4 Å². The highest BCUT2D eigenvalue weighted by molar-refractivity contribution is 5.80. The average Bonchev–Trinajstić information content (AvgIpc) is 1.60. The lowest BCUT2D eigenvalue weighted by molar-refractivity contribution is -0.179. The van der Waals surface area contributed by atoms with Gasteiger partial charge in [0.05, 0.1) is 47.2 Å². The molecule has 0 bridgehead atoms. The van der Waals surface area contributed by atoms with Crippen LogP contribution >= 0.6 is 0 Å². The van der Waals surface area contributed by atoms with E-state index in [-0.39, 0.29) is 41.1 Å². The van der Waals surface area contributed by atoms with Gasteiger partial charge in [-0.1, -0.05) is 95.8 Å². The highest BCUT2D eigenvalue weighted by atomic mass is 16.6. The van der Waals surface area contributed by atoms with E-state index in [1.165, 1.54) is 89.9 Å². The first-order chi connectivity index (χ1) is 45.2. The number of ether oxygens (including phenoxy) is 3. The van der Waals surface area contributed by atoms with Gasteiger partial charge in [0, 0.05) is 75.4 Å². The molecule has 9 saturated carbocycles. The van der Waals surface area contributed by atoms with Crippen LogP contribution in [0.2, 0.25) is 0 Å². The lowest BCUT2D eigenvalue weighted by Gasteiger charge is -2.52. The number of nitrogens with zero attached hydrogens (tertiary/aromatic N) is 2. The van der Waals surface area contributed by atoms with Gasteiger partial charge in [0.2, 0.25) is 0 Å². The molecule has 30 atom stereocenters. The number of allylic oxidation sites excluding steroid dienone is 3. The van der Waals surface area contributed by atoms with Crippen LogP contribution in [0.4, 0.5) is 0 Å². The lowest BCUT2D eigenvalue weighted by atomic mass is 9.52. The quantitative estimate of drug-likeness (QED) is 0.200. The Morgan fingerprint density at radius 2 is 0.758 bits per heavy atom. The van der Waals surface area contributed by atoms with Crippen LogP contribution in [-0.2, 0) is 28.6 Å². The van der Waals surface area contributed by atoms with Crippen LogP contribution in [0.3, 0.4) is 0 Å². The van der Waals surface area contributed by atoms with E-state index < -0.39 is 0 Å². The van der Waals surface area contributed by atoms with Gasteiger partial charge in [-0.15, -0.1) is 0 Å². The van der Waals surface area contributed by atoms with Gasteiger partial charge in [-0.25, -0.2) is 0 Å². The summed E-state index contributed by atoms with van der Waals surface area (Å²) in [4.78, 5) is 36.5.